The molecule has 0 bridgehead atoms. The molecule has 1 aromatic carbocycles. The zero-order valence-corrected chi connectivity index (χ0v) is 13.4. The predicted octanol–water partition coefficient (Wildman–Crippen LogP) is 4.26. The van der Waals surface area contributed by atoms with Crippen LogP contribution in [0.5, 0.6) is 0 Å². The Morgan fingerprint density at radius 3 is 2.65 bits per heavy atom. The van der Waals surface area contributed by atoms with Crippen LogP contribution in [0, 0.1) is 15.5 Å². The van der Waals surface area contributed by atoms with Crippen molar-refractivity contribution in [3.05, 3.63) is 62.9 Å². The molecule has 2 aromatic rings. The van der Waals surface area contributed by atoms with Crippen LogP contribution in [-0.4, -0.2) is 16.0 Å². The molecule has 1 fully saturated rings. The molecule has 7 nitrogen and oxygen atoms in total. The first-order valence-corrected chi connectivity index (χ1v) is 7.71. The lowest BCUT2D eigenvalue weighted by molar-refractivity contribution is -0.385. The molecule has 1 N–H and O–H groups in total. The van der Waals surface area contributed by atoms with Crippen LogP contribution in [0.1, 0.15) is 11.3 Å². The molecule has 1 aromatic heterocycles. The van der Waals surface area contributed by atoms with Crippen molar-refractivity contribution in [1.82, 2.24) is 0 Å². The van der Waals surface area contributed by atoms with Crippen molar-refractivity contribution in [2.75, 3.05) is 4.90 Å². The van der Waals surface area contributed by atoms with Crippen LogP contribution in [-0.2, 0) is 11.0 Å². The van der Waals surface area contributed by atoms with Gasteiger partial charge in [-0.2, -0.15) is 13.2 Å². The number of nitrogens with one attached hydrogen (secondary N) is 1. The lowest BCUT2D eigenvalue weighted by Gasteiger charge is -2.16. The topological polar surface area (TPSA) is 100 Å². The zero-order chi connectivity index (χ0) is 19.1. The largest absolute Gasteiger partial charge is 0.458 e. The van der Waals surface area contributed by atoms with Crippen LogP contribution < -0.4 is 4.90 Å². The molecule has 2 heterocycles. The molecule has 0 saturated carbocycles. The Kier molecular flexibility index (Phi) is 4.32. The van der Waals surface area contributed by atoms with Gasteiger partial charge in [0.2, 0.25) is 0 Å². The van der Waals surface area contributed by atoms with E-state index in [9.17, 15) is 28.1 Å². The molecule has 11 heteroatoms. The highest BCUT2D eigenvalue weighted by molar-refractivity contribution is 8.19. The fourth-order valence-electron chi connectivity index (χ4n) is 2.19. The van der Waals surface area contributed by atoms with E-state index in [4.69, 9.17) is 9.83 Å². The summed E-state index contributed by atoms with van der Waals surface area (Å²) in [5.74, 6) is -0.704. The molecule has 0 atom stereocenters. The average molecular weight is 383 g/mol. The Hall–Kier alpha value is -3.08. The van der Waals surface area contributed by atoms with Gasteiger partial charge in [-0.25, -0.2) is 0 Å². The third-order valence-corrected chi connectivity index (χ3v) is 4.23. The van der Waals surface area contributed by atoms with E-state index in [1.165, 1.54) is 12.1 Å². The molecule has 1 aliphatic heterocycles. The number of alkyl halides is 3. The van der Waals surface area contributed by atoms with Crippen LogP contribution in [0.3, 0.4) is 0 Å². The lowest BCUT2D eigenvalue weighted by atomic mass is 10.2. The van der Waals surface area contributed by atoms with Crippen molar-refractivity contribution >= 4 is 40.3 Å². The minimum atomic E-state index is -4.58. The van der Waals surface area contributed by atoms with E-state index in [0.29, 0.717) is 11.8 Å². The Morgan fingerprint density at radius 1 is 1.31 bits per heavy atom. The SMILES string of the molecule is N=C1S/C(=C\c2cc([N+](=O)[O-])co2)C(=O)N1c1cccc(C(F)(F)F)c1. The van der Waals surface area contributed by atoms with Crippen molar-refractivity contribution in [3.8, 4) is 0 Å². The predicted molar refractivity (Wildman–Crippen MR) is 87.6 cm³/mol. The van der Waals surface area contributed by atoms with Crippen molar-refractivity contribution in [2.24, 2.45) is 0 Å². The number of hydrogen-bond donors (Lipinski definition) is 1. The number of anilines is 1. The van der Waals surface area contributed by atoms with Crippen molar-refractivity contribution < 1.29 is 27.3 Å². The van der Waals surface area contributed by atoms with Crippen molar-refractivity contribution in [2.45, 2.75) is 6.18 Å². The highest BCUT2D eigenvalue weighted by Gasteiger charge is 2.36. The van der Waals surface area contributed by atoms with E-state index in [1.54, 1.807) is 0 Å². The summed E-state index contributed by atoms with van der Waals surface area (Å²) in [5, 5.41) is 18.2. The number of nitro groups is 1. The third-order valence-electron chi connectivity index (χ3n) is 3.35. The van der Waals surface area contributed by atoms with E-state index >= 15 is 0 Å². The van der Waals surface area contributed by atoms with Crippen molar-refractivity contribution in [1.29, 1.82) is 5.41 Å². The molecule has 3 rings (SSSR count). The quantitative estimate of drug-likeness (QED) is 0.485. The summed E-state index contributed by atoms with van der Waals surface area (Å²) in [7, 11) is 0. The second kappa shape index (κ2) is 6.33. The Morgan fingerprint density at radius 2 is 2.04 bits per heavy atom. The number of rotatable bonds is 3. The number of amidine groups is 1. The third kappa shape index (κ3) is 3.33. The lowest BCUT2D eigenvalue weighted by Crippen LogP contribution is -2.28. The van der Waals surface area contributed by atoms with E-state index in [-0.39, 0.29) is 27.2 Å². The van der Waals surface area contributed by atoms with Gasteiger partial charge in [-0.3, -0.25) is 25.2 Å². The van der Waals surface area contributed by atoms with E-state index in [2.05, 4.69) is 0 Å². The minimum Gasteiger partial charge on any atom is -0.458 e. The molecule has 134 valence electrons. The number of halogens is 3. The second-order valence-electron chi connectivity index (χ2n) is 5.07. The number of thioether (sulfide) groups is 1. The van der Waals surface area contributed by atoms with Gasteiger partial charge in [0.1, 0.15) is 5.76 Å². The molecule has 0 unspecified atom stereocenters. The van der Waals surface area contributed by atoms with Crippen LogP contribution >= 0.6 is 11.8 Å². The van der Waals surface area contributed by atoms with E-state index in [0.717, 1.165) is 35.4 Å². The Balaban J connectivity index is 1.92. The molecule has 0 spiro atoms. The first-order valence-electron chi connectivity index (χ1n) is 6.89. The number of carbonyl (C=O) groups is 1. The monoisotopic (exact) mass is 383 g/mol. The standard InChI is InChI=1S/C15H8F3N3O4S/c16-15(17,18)8-2-1-3-9(4-8)20-13(22)12(26-14(20)19)6-11-5-10(7-25-11)21(23)24/h1-7,19H/b12-6-,19-14?. The molecule has 26 heavy (non-hydrogen) atoms. The maximum atomic E-state index is 12.8. The molecule has 1 amide bonds. The van der Waals surface area contributed by atoms with Crippen LogP contribution in [0.2, 0.25) is 0 Å². The average Bonchev–Trinajstić information content (AvgIpc) is 3.12. The minimum absolute atomic E-state index is 0.00309. The van der Waals surface area contributed by atoms with Gasteiger partial charge in [-0.05, 0) is 30.0 Å². The summed E-state index contributed by atoms with van der Waals surface area (Å²) in [6.07, 6.45) is -2.49. The maximum absolute atomic E-state index is 12.8. The Bertz CT molecular complexity index is 952. The number of amides is 1. The number of hydrogen-bond acceptors (Lipinski definition) is 6. The first kappa shape index (κ1) is 17.7. The molecule has 0 radical (unpaired) electrons. The Labute approximate surface area is 147 Å². The fraction of sp³-hybridized carbons (Fsp3) is 0.0667. The fourth-order valence-corrected chi connectivity index (χ4v) is 3.03. The van der Waals surface area contributed by atoms with Gasteiger partial charge < -0.3 is 4.42 Å². The summed E-state index contributed by atoms with van der Waals surface area (Å²) in [4.78, 5) is 23.2. The molecule has 1 aliphatic rings. The summed E-state index contributed by atoms with van der Waals surface area (Å²) in [6, 6.07) is 5.15. The van der Waals surface area contributed by atoms with Gasteiger partial charge in [-0.1, -0.05) is 6.07 Å². The van der Waals surface area contributed by atoms with Crippen LogP contribution in [0.25, 0.3) is 6.08 Å². The van der Waals surface area contributed by atoms with Gasteiger partial charge in [0.05, 0.1) is 27.1 Å². The zero-order valence-electron chi connectivity index (χ0n) is 12.6. The maximum Gasteiger partial charge on any atom is 0.416 e. The van der Waals surface area contributed by atoms with Gasteiger partial charge in [0.25, 0.3) is 5.91 Å². The summed E-state index contributed by atoms with van der Waals surface area (Å²) >= 11 is 0.712. The molecular formula is C15H8F3N3O4S. The van der Waals surface area contributed by atoms with Crippen molar-refractivity contribution in [3.63, 3.8) is 0 Å². The number of nitrogens with zero attached hydrogens (tertiary/aromatic N) is 2. The van der Waals surface area contributed by atoms with E-state index < -0.39 is 22.6 Å². The van der Waals surface area contributed by atoms with E-state index in [1.807, 2.05) is 0 Å². The summed E-state index contributed by atoms with van der Waals surface area (Å²) < 4.78 is 43.5. The summed E-state index contributed by atoms with van der Waals surface area (Å²) in [6.45, 7) is 0. The normalized spacial score (nSPS) is 16.6. The molecular weight excluding hydrogens is 375 g/mol. The second-order valence-corrected chi connectivity index (χ2v) is 6.10. The highest BCUT2D eigenvalue weighted by Crippen LogP contribution is 2.38. The number of benzene rings is 1. The number of carbonyl (C=O) groups excluding carboxylic acids is 1. The van der Waals surface area contributed by atoms with Gasteiger partial charge in [-0.15, -0.1) is 0 Å². The van der Waals surface area contributed by atoms with Gasteiger partial charge in [0, 0.05) is 6.08 Å². The highest BCUT2D eigenvalue weighted by atomic mass is 32.2. The van der Waals surface area contributed by atoms with Gasteiger partial charge >= 0.3 is 11.9 Å². The summed E-state index contributed by atoms with van der Waals surface area (Å²) in [5.41, 5.74) is -1.35. The first-order chi connectivity index (χ1) is 12.2. The molecule has 0 aliphatic carbocycles. The molecule has 1 saturated heterocycles. The van der Waals surface area contributed by atoms with Crippen LogP contribution in [0.4, 0.5) is 24.5 Å². The van der Waals surface area contributed by atoms with Crippen LogP contribution in [0.15, 0.2) is 45.9 Å². The smallest absolute Gasteiger partial charge is 0.416 e. The number of furan rings is 1. The van der Waals surface area contributed by atoms with Gasteiger partial charge in [0.15, 0.2) is 11.4 Å².